The van der Waals surface area contributed by atoms with E-state index in [1.807, 2.05) is 14.1 Å². The maximum Gasteiger partial charge on any atom is 0.267 e. The number of amides is 1. The predicted molar refractivity (Wildman–Crippen MR) is 95.4 cm³/mol. The van der Waals surface area contributed by atoms with Crippen molar-refractivity contribution in [2.24, 2.45) is 7.05 Å². The second-order valence-electron chi connectivity index (χ2n) is 6.38. The number of Topliss-reactive ketones (excluding diaryl/α,β-unsaturated/α-hetero) is 1. The van der Waals surface area contributed by atoms with E-state index in [2.05, 4.69) is 41.4 Å². The van der Waals surface area contributed by atoms with Crippen LogP contribution >= 0.6 is 0 Å². The molecular formula is C19H25N3O2. The summed E-state index contributed by atoms with van der Waals surface area (Å²) in [5.41, 5.74) is 3.40. The summed E-state index contributed by atoms with van der Waals surface area (Å²) in [6.45, 7) is 4.05. The summed E-state index contributed by atoms with van der Waals surface area (Å²) in [4.78, 5) is 26.0. The lowest BCUT2D eigenvalue weighted by Gasteiger charge is -2.25. The first-order chi connectivity index (χ1) is 11.3. The highest BCUT2D eigenvalue weighted by molar-refractivity contribution is 5.99. The van der Waals surface area contributed by atoms with E-state index < -0.39 is 0 Å². The Morgan fingerprint density at radius 2 is 1.83 bits per heavy atom. The Morgan fingerprint density at radius 1 is 1.21 bits per heavy atom. The van der Waals surface area contributed by atoms with Crippen molar-refractivity contribution in [3.05, 3.63) is 58.9 Å². The molecule has 0 bridgehead atoms. The molecule has 0 radical (unpaired) electrons. The largest absolute Gasteiger partial charge is 0.349 e. The number of likely N-dealkylation sites (N-methyl/N-ethyl adjacent to an activating group) is 1. The van der Waals surface area contributed by atoms with Crippen LogP contribution < -0.4 is 5.32 Å². The molecule has 5 nitrogen and oxygen atoms in total. The molecule has 1 unspecified atom stereocenters. The molecule has 2 aromatic rings. The fourth-order valence-corrected chi connectivity index (χ4v) is 2.65. The van der Waals surface area contributed by atoms with Crippen molar-refractivity contribution in [2.75, 3.05) is 20.6 Å². The second kappa shape index (κ2) is 7.45. The molecule has 2 rings (SSSR count). The molecule has 0 aliphatic carbocycles. The van der Waals surface area contributed by atoms with Crippen molar-refractivity contribution in [1.29, 1.82) is 0 Å². The number of nitrogens with zero attached hydrogens (tertiary/aromatic N) is 2. The lowest BCUT2D eigenvalue weighted by Crippen LogP contribution is -2.35. The van der Waals surface area contributed by atoms with Gasteiger partial charge in [0.25, 0.3) is 5.91 Å². The van der Waals surface area contributed by atoms with Gasteiger partial charge in [0.05, 0.1) is 6.04 Å². The van der Waals surface area contributed by atoms with E-state index in [-0.39, 0.29) is 17.7 Å². The lowest BCUT2D eigenvalue weighted by molar-refractivity contribution is 0.0933. The molecule has 0 spiro atoms. The second-order valence-corrected chi connectivity index (χ2v) is 6.38. The summed E-state index contributed by atoms with van der Waals surface area (Å²) in [6, 6.07) is 10.0. The number of carbonyl (C=O) groups excluding carboxylic acids is 2. The van der Waals surface area contributed by atoms with Gasteiger partial charge in [-0.15, -0.1) is 0 Å². The number of nitrogens with one attached hydrogen (secondary N) is 1. The van der Waals surface area contributed by atoms with E-state index in [4.69, 9.17) is 0 Å². The number of carbonyl (C=O) groups is 2. The average Bonchev–Trinajstić information content (AvgIpc) is 2.91. The quantitative estimate of drug-likeness (QED) is 0.830. The molecule has 0 saturated carbocycles. The molecule has 1 atom stereocenters. The highest BCUT2D eigenvalue weighted by Gasteiger charge is 2.18. The minimum Gasteiger partial charge on any atom is -0.349 e. The molecular weight excluding hydrogens is 302 g/mol. The Labute approximate surface area is 143 Å². The third kappa shape index (κ3) is 4.11. The molecule has 24 heavy (non-hydrogen) atoms. The van der Waals surface area contributed by atoms with Gasteiger partial charge in [-0.3, -0.25) is 9.59 Å². The van der Waals surface area contributed by atoms with Crippen molar-refractivity contribution >= 4 is 11.7 Å². The average molecular weight is 327 g/mol. The molecule has 1 heterocycles. The van der Waals surface area contributed by atoms with Crippen LogP contribution in [0.3, 0.4) is 0 Å². The van der Waals surface area contributed by atoms with Crippen LogP contribution in [0.5, 0.6) is 0 Å². The topological polar surface area (TPSA) is 54.3 Å². The standard InChI is InChI=1S/C19H25N3O2/c1-13-6-8-15(9-7-13)18(21(3)4)11-20-19(24)17-10-16(14(2)23)12-22(17)5/h6-10,12,18H,11H2,1-5H3,(H,20,24). The molecule has 0 saturated heterocycles. The molecule has 0 aliphatic rings. The van der Waals surface area contributed by atoms with Crippen molar-refractivity contribution in [2.45, 2.75) is 19.9 Å². The fourth-order valence-electron chi connectivity index (χ4n) is 2.65. The van der Waals surface area contributed by atoms with Crippen LogP contribution in [-0.4, -0.2) is 41.8 Å². The van der Waals surface area contributed by atoms with E-state index in [9.17, 15) is 9.59 Å². The van der Waals surface area contributed by atoms with Crippen LogP contribution in [0, 0.1) is 6.92 Å². The Kier molecular flexibility index (Phi) is 5.57. The zero-order valence-electron chi connectivity index (χ0n) is 15.0. The Bertz CT molecular complexity index is 730. The molecule has 128 valence electrons. The fraction of sp³-hybridized carbons (Fsp3) is 0.368. The minimum absolute atomic E-state index is 0.0459. The van der Waals surface area contributed by atoms with Gasteiger partial charge in [-0.25, -0.2) is 0 Å². The highest BCUT2D eigenvalue weighted by atomic mass is 16.2. The summed E-state index contributed by atoms with van der Waals surface area (Å²) in [6.07, 6.45) is 1.68. The Balaban J connectivity index is 2.10. The molecule has 5 heteroatoms. The molecule has 0 aliphatic heterocycles. The van der Waals surface area contributed by atoms with E-state index in [0.717, 1.165) is 5.56 Å². The number of benzene rings is 1. The zero-order chi connectivity index (χ0) is 17.9. The van der Waals surface area contributed by atoms with E-state index in [1.165, 1.54) is 12.5 Å². The van der Waals surface area contributed by atoms with Crippen LogP contribution in [0.1, 0.15) is 44.9 Å². The van der Waals surface area contributed by atoms with Gasteiger partial charge >= 0.3 is 0 Å². The molecule has 0 fully saturated rings. The van der Waals surface area contributed by atoms with Gasteiger partial charge in [-0.05, 0) is 39.6 Å². The van der Waals surface area contributed by atoms with Gasteiger partial charge in [0.1, 0.15) is 5.69 Å². The maximum absolute atomic E-state index is 12.5. The SMILES string of the molecule is CC(=O)c1cc(C(=O)NCC(c2ccc(C)cc2)N(C)C)n(C)c1. The number of rotatable bonds is 6. The predicted octanol–water partition coefficient (Wildman–Crippen LogP) is 2.57. The van der Waals surface area contributed by atoms with Gasteiger partial charge in [0, 0.05) is 25.4 Å². The molecule has 1 aromatic heterocycles. The minimum atomic E-state index is -0.177. The van der Waals surface area contributed by atoms with Crippen molar-refractivity contribution < 1.29 is 9.59 Å². The monoisotopic (exact) mass is 327 g/mol. The molecule has 1 amide bonds. The van der Waals surface area contributed by atoms with Crippen LogP contribution in [-0.2, 0) is 7.05 Å². The van der Waals surface area contributed by atoms with Gasteiger partial charge in [0.15, 0.2) is 5.78 Å². The summed E-state index contributed by atoms with van der Waals surface area (Å²) in [5.74, 6) is -0.223. The molecule has 1 aromatic carbocycles. The first-order valence-corrected chi connectivity index (χ1v) is 7.98. The maximum atomic E-state index is 12.5. The number of hydrogen-bond acceptors (Lipinski definition) is 3. The van der Waals surface area contributed by atoms with Gasteiger partial charge in [-0.2, -0.15) is 0 Å². The van der Waals surface area contributed by atoms with Crippen molar-refractivity contribution in [3.8, 4) is 0 Å². The number of aryl methyl sites for hydroxylation is 2. The van der Waals surface area contributed by atoms with Crippen LogP contribution in [0.4, 0.5) is 0 Å². The van der Waals surface area contributed by atoms with E-state index in [1.54, 1.807) is 23.9 Å². The third-order valence-electron chi connectivity index (χ3n) is 4.19. The third-order valence-corrected chi connectivity index (χ3v) is 4.19. The summed E-state index contributed by atoms with van der Waals surface area (Å²) in [5, 5.41) is 2.97. The first kappa shape index (κ1) is 17.9. The van der Waals surface area contributed by atoms with E-state index in [0.29, 0.717) is 17.8 Å². The summed E-state index contributed by atoms with van der Waals surface area (Å²) < 4.78 is 1.68. The number of aromatic nitrogens is 1. The smallest absolute Gasteiger partial charge is 0.267 e. The summed E-state index contributed by atoms with van der Waals surface area (Å²) >= 11 is 0. The lowest BCUT2D eigenvalue weighted by atomic mass is 10.0. The summed E-state index contributed by atoms with van der Waals surface area (Å²) in [7, 11) is 5.75. The normalized spacial score (nSPS) is 12.2. The van der Waals surface area contributed by atoms with Crippen LogP contribution in [0.15, 0.2) is 36.5 Å². The van der Waals surface area contributed by atoms with Gasteiger partial charge in [0.2, 0.25) is 0 Å². The first-order valence-electron chi connectivity index (χ1n) is 7.98. The number of ketones is 1. The van der Waals surface area contributed by atoms with Crippen LogP contribution in [0.2, 0.25) is 0 Å². The number of hydrogen-bond donors (Lipinski definition) is 1. The highest BCUT2D eigenvalue weighted by Crippen LogP contribution is 2.18. The van der Waals surface area contributed by atoms with Gasteiger partial charge < -0.3 is 14.8 Å². The van der Waals surface area contributed by atoms with E-state index >= 15 is 0 Å². The Hall–Kier alpha value is -2.40. The van der Waals surface area contributed by atoms with Crippen LogP contribution in [0.25, 0.3) is 0 Å². The molecule has 1 N–H and O–H groups in total. The zero-order valence-corrected chi connectivity index (χ0v) is 15.0. The Morgan fingerprint density at radius 3 is 2.33 bits per heavy atom. The van der Waals surface area contributed by atoms with Crippen molar-refractivity contribution in [3.63, 3.8) is 0 Å². The van der Waals surface area contributed by atoms with Gasteiger partial charge in [-0.1, -0.05) is 29.8 Å². The van der Waals surface area contributed by atoms with Crippen molar-refractivity contribution in [1.82, 2.24) is 14.8 Å².